The van der Waals surface area contributed by atoms with E-state index in [0.717, 1.165) is 12.0 Å². The average Bonchev–Trinajstić information content (AvgIpc) is 2.92. The van der Waals surface area contributed by atoms with Crippen LogP contribution in [-0.2, 0) is 4.79 Å². The first-order chi connectivity index (χ1) is 10.4. The van der Waals surface area contributed by atoms with Gasteiger partial charge in [0, 0.05) is 25.6 Å². The second-order valence-corrected chi connectivity index (χ2v) is 6.09. The number of hydrogen-bond donors (Lipinski definition) is 2. The van der Waals surface area contributed by atoms with Crippen LogP contribution in [0.25, 0.3) is 0 Å². The minimum atomic E-state index is -0.203. The van der Waals surface area contributed by atoms with Gasteiger partial charge in [-0.25, -0.2) is 0 Å². The minimum absolute atomic E-state index is 0.0206. The number of carbonyl (C=O) groups is 2. The average molecular weight is 304 g/mol. The highest BCUT2D eigenvalue weighted by Crippen LogP contribution is 2.26. The maximum atomic E-state index is 12.6. The van der Waals surface area contributed by atoms with Crippen LogP contribution in [0.3, 0.4) is 0 Å². The van der Waals surface area contributed by atoms with Crippen LogP contribution in [0.2, 0.25) is 0 Å². The molecule has 0 spiro atoms. The lowest BCUT2D eigenvalue weighted by Crippen LogP contribution is -2.39. The van der Waals surface area contributed by atoms with E-state index in [1.165, 1.54) is 0 Å². The topological polar surface area (TPSA) is 69.6 Å². The number of benzene rings is 1. The number of aliphatic hydroxyl groups excluding tert-OH is 1. The van der Waals surface area contributed by atoms with Crippen molar-refractivity contribution in [3.63, 3.8) is 0 Å². The molecule has 120 valence electrons. The second-order valence-electron chi connectivity index (χ2n) is 6.09. The van der Waals surface area contributed by atoms with Crippen LogP contribution in [0, 0.1) is 12.8 Å². The van der Waals surface area contributed by atoms with Crippen LogP contribution >= 0.6 is 0 Å². The van der Waals surface area contributed by atoms with Crippen molar-refractivity contribution in [1.82, 2.24) is 5.32 Å². The Morgan fingerprint density at radius 1 is 1.41 bits per heavy atom. The summed E-state index contributed by atoms with van der Waals surface area (Å²) >= 11 is 0. The van der Waals surface area contributed by atoms with Crippen LogP contribution in [0.4, 0.5) is 5.69 Å². The zero-order valence-corrected chi connectivity index (χ0v) is 13.4. The van der Waals surface area contributed by atoms with E-state index in [-0.39, 0.29) is 30.4 Å². The second kappa shape index (κ2) is 6.92. The summed E-state index contributed by atoms with van der Waals surface area (Å²) in [6.45, 7) is 6.35. The maximum Gasteiger partial charge on any atom is 0.253 e. The largest absolute Gasteiger partial charge is 0.396 e. The van der Waals surface area contributed by atoms with E-state index >= 15 is 0 Å². The molecule has 1 aromatic carbocycles. The molecule has 0 saturated carbocycles. The molecule has 0 bridgehead atoms. The Bertz CT molecular complexity index is 571. The van der Waals surface area contributed by atoms with Crippen LogP contribution < -0.4 is 10.2 Å². The van der Waals surface area contributed by atoms with E-state index in [2.05, 4.69) is 5.32 Å². The number of rotatable bonds is 5. The fraction of sp³-hybridized carbons (Fsp3) is 0.529. The third-order valence-corrected chi connectivity index (χ3v) is 4.26. The number of aliphatic hydroxyl groups is 1. The molecular weight excluding hydrogens is 280 g/mol. The summed E-state index contributed by atoms with van der Waals surface area (Å²) < 4.78 is 0. The lowest BCUT2D eigenvalue weighted by molar-refractivity contribution is -0.117. The lowest BCUT2D eigenvalue weighted by atomic mass is 10.0. The first-order valence-corrected chi connectivity index (χ1v) is 7.76. The van der Waals surface area contributed by atoms with E-state index in [9.17, 15) is 14.7 Å². The Balaban J connectivity index is 2.27. The number of amides is 2. The smallest absolute Gasteiger partial charge is 0.253 e. The normalized spacial score (nSPS) is 17.5. The van der Waals surface area contributed by atoms with Crippen LogP contribution in [0.1, 0.15) is 42.6 Å². The Morgan fingerprint density at radius 3 is 2.73 bits per heavy atom. The zero-order chi connectivity index (χ0) is 16.3. The first kappa shape index (κ1) is 16.5. The SMILES string of the molecule is Cc1ccc(N2CCCC2=O)c(C(=O)NC(C)C(C)CO)c1. The van der Waals surface area contributed by atoms with E-state index < -0.39 is 0 Å². The van der Waals surface area contributed by atoms with Gasteiger partial charge in [-0.15, -0.1) is 0 Å². The van der Waals surface area contributed by atoms with Crippen LogP contribution in [0.15, 0.2) is 18.2 Å². The molecule has 2 rings (SSSR count). The van der Waals surface area contributed by atoms with Crippen molar-refractivity contribution in [3.05, 3.63) is 29.3 Å². The molecule has 5 nitrogen and oxygen atoms in total. The molecule has 1 aliphatic rings. The minimum Gasteiger partial charge on any atom is -0.396 e. The lowest BCUT2D eigenvalue weighted by Gasteiger charge is -2.23. The molecule has 2 atom stereocenters. The van der Waals surface area contributed by atoms with Gasteiger partial charge in [-0.2, -0.15) is 0 Å². The van der Waals surface area contributed by atoms with Gasteiger partial charge in [-0.3, -0.25) is 9.59 Å². The van der Waals surface area contributed by atoms with Gasteiger partial charge in [0.2, 0.25) is 5.91 Å². The van der Waals surface area contributed by atoms with Crippen molar-refractivity contribution in [2.45, 2.75) is 39.7 Å². The summed E-state index contributed by atoms with van der Waals surface area (Å²) in [6.07, 6.45) is 1.36. The van der Waals surface area contributed by atoms with Gasteiger partial charge >= 0.3 is 0 Å². The molecule has 1 fully saturated rings. The third-order valence-electron chi connectivity index (χ3n) is 4.26. The van der Waals surface area contributed by atoms with Gasteiger partial charge in [0.25, 0.3) is 5.91 Å². The molecule has 0 aromatic heterocycles. The van der Waals surface area contributed by atoms with Gasteiger partial charge in [-0.1, -0.05) is 18.6 Å². The molecule has 0 aliphatic carbocycles. The summed E-state index contributed by atoms with van der Waals surface area (Å²) in [5.74, 6) is -0.161. The van der Waals surface area contributed by atoms with Crippen molar-refractivity contribution >= 4 is 17.5 Å². The Kier molecular flexibility index (Phi) is 5.19. The number of carbonyl (C=O) groups excluding carboxylic acids is 2. The number of hydrogen-bond acceptors (Lipinski definition) is 3. The van der Waals surface area contributed by atoms with Gasteiger partial charge in [-0.05, 0) is 38.3 Å². The summed E-state index contributed by atoms with van der Waals surface area (Å²) in [6, 6.07) is 5.43. The Hall–Kier alpha value is -1.88. The first-order valence-electron chi connectivity index (χ1n) is 7.76. The predicted molar refractivity (Wildman–Crippen MR) is 85.9 cm³/mol. The molecule has 1 aliphatic heterocycles. The summed E-state index contributed by atoms with van der Waals surface area (Å²) in [7, 11) is 0. The number of anilines is 1. The quantitative estimate of drug-likeness (QED) is 0.872. The van der Waals surface area contributed by atoms with Gasteiger partial charge < -0.3 is 15.3 Å². The molecular formula is C17H24N2O3. The maximum absolute atomic E-state index is 12.6. The molecule has 1 heterocycles. The molecule has 22 heavy (non-hydrogen) atoms. The summed E-state index contributed by atoms with van der Waals surface area (Å²) in [5, 5.41) is 12.1. The van der Waals surface area contributed by atoms with Crippen molar-refractivity contribution in [2.75, 3.05) is 18.1 Å². The van der Waals surface area contributed by atoms with Gasteiger partial charge in [0.1, 0.15) is 0 Å². The van der Waals surface area contributed by atoms with Crippen LogP contribution in [0.5, 0.6) is 0 Å². The van der Waals surface area contributed by atoms with E-state index in [4.69, 9.17) is 0 Å². The summed E-state index contributed by atoms with van der Waals surface area (Å²) in [5.41, 5.74) is 2.17. The molecule has 2 N–H and O–H groups in total. The molecule has 1 aromatic rings. The molecule has 2 amide bonds. The van der Waals surface area contributed by atoms with E-state index in [0.29, 0.717) is 24.2 Å². The third kappa shape index (κ3) is 3.47. The standard InChI is InChI=1S/C17H24N2O3/c1-11-6-7-15(19-8-4-5-16(19)21)14(9-11)17(22)18-13(3)12(2)10-20/h6-7,9,12-13,20H,4-5,8,10H2,1-3H3,(H,18,22). The molecule has 5 heteroatoms. The fourth-order valence-electron chi connectivity index (χ4n) is 2.55. The number of nitrogens with one attached hydrogen (secondary N) is 1. The highest BCUT2D eigenvalue weighted by molar-refractivity contribution is 6.05. The number of nitrogens with zero attached hydrogens (tertiary/aromatic N) is 1. The molecule has 0 radical (unpaired) electrons. The van der Waals surface area contributed by atoms with Crippen molar-refractivity contribution in [3.8, 4) is 0 Å². The highest BCUT2D eigenvalue weighted by atomic mass is 16.3. The molecule has 2 unspecified atom stereocenters. The number of aryl methyl sites for hydroxylation is 1. The summed E-state index contributed by atoms with van der Waals surface area (Å²) in [4.78, 5) is 26.2. The predicted octanol–water partition coefficient (Wildman–Crippen LogP) is 1.87. The molecule has 1 saturated heterocycles. The highest BCUT2D eigenvalue weighted by Gasteiger charge is 2.26. The fourth-order valence-corrected chi connectivity index (χ4v) is 2.55. The van der Waals surface area contributed by atoms with Crippen LogP contribution in [-0.4, -0.2) is 36.1 Å². The van der Waals surface area contributed by atoms with Crippen molar-refractivity contribution in [2.24, 2.45) is 5.92 Å². The van der Waals surface area contributed by atoms with Gasteiger partial charge in [0.05, 0.1) is 11.3 Å². The Labute approximate surface area is 131 Å². The van der Waals surface area contributed by atoms with Crippen molar-refractivity contribution < 1.29 is 14.7 Å². The van der Waals surface area contributed by atoms with Gasteiger partial charge in [0.15, 0.2) is 0 Å². The Morgan fingerprint density at radius 2 is 2.14 bits per heavy atom. The zero-order valence-electron chi connectivity index (χ0n) is 13.4. The van der Waals surface area contributed by atoms with E-state index in [1.807, 2.05) is 39.0 Å². The van der Waals surface area contributed by atoms with Crippen molar-refractivity contribution in [1.29, 1.82) is 0 Å². The van der Waals surface area contributed by atoms with E-state index in [1.54, 1.807) is 4.90 Å². The monoisotopic (exact) mass is 304 g/mol.